The molecule has 4 saturated heterocycles. The summed E-state index contributed by atoms with van der Waals surface area (Å²) in [5.41, 5.74) is 3.15. The third-order valence-corrected chi connectivity index (χ3v) is 17.8. The lowest BCUT2D eigenvalue weighted by Crippen LogP contribution is -2.66. The van der Waals surface area contributed by atoms with Crippen molar-refractivity contribution in [2.24, 2.45) is 29.1 Å². The highest BCUT2D eigenvalue weighted by molar-refractivity contribution is 5.89. The van der Waals surface area contributed by atoms with Gasteiger partial charge in [-0.3, -0.25) is 24.1 Å². The number of hydrogen-bond donors (Lipinski definition) is 6. The fraction of sp³-hybridized carbons (Fsp3) is 0.594. The number of anilines is 3. The van der Waals surface area contributed by atoms with E-state index < -0.39 is 35.2 Å². The van der Waals surface area contributed by atoms with Crippen LogP contribution in [0.15, 0.2) is 79.1 Å². The average Bonchev–Trinajstić information content (AvgIpc) is 2.78. The molecule has 5 heterocycles. The van der Waals surface area contributed by atoms with Crippen molar-refractivity contribution in [1.82, 2.24) is 41.0 Å². The Kier molecular flexibility index (Phi) is 21.3. The predicted molar refractivity (Wildman–Crippen MR) is 320 cm³/mol. The lowest BCUT2D eigenvalue weighted by molar-refractivity contribution is -0.136. The molecule has 1 aliphatic carbocycles. The number of halogens is 2. The molecule has 1 spiro atoms. The van der Waals surface area contributed by atoms with Crippen molar-refractivity contribution in [2.45, 2.75) is 129 Å². The number of ether oxygens (including phenoxy) is 2. The smallest absolute Gasteiger partial charge is 0.249 e. The van der Waals surface area contributed by atoms with Crippen LogP contribution < -0.4 is 36.4 Å². The number of nitrogens with one attached hydrogen (secondary N) is 5. The first-order valence-electron chi connectivity index (χ1n) is 30.5. The number of piperazine rings is 1. The minimum absolute atomic E-state index is 0.00878. The van der Waals surface area contributed by atoms with E-state index in [0.717, 1.165) is 80.9 Å². The van der Waals surface area contributed by atoms with E-state index in [2.05, 4.69) is 71.2 Å². The molecule has 1 unspecified atom stereocenters. The Hall–Kier alpha value is -6.32. The van der Waals surface area contributed by atoms with Gasteiger partial charge in [-0.15, -0.1) is 0 Å². The number of carbonyl (C=O) groups excluding carboxylic acids is 4. The molecule has 3 aromatic carbocycles. The second-order valence-corrected chi connectivity index (χ2v) is 25.6. The number of carbonyl (C=O) groups is 4. The number of aromatic nitrogens is 2. The van der Waals surface area contributed by atoms with E-state index in [-0.39, 0.29) is 59.9 Å². The molecule has 0 bridgehead atoms. The molecule has 0 radical (unpaired) electrons. The second-order valence-electron chi connectivity index (χ2n) is 25.6. The first kappa shape index (κ1) is 62.2. The van der Waals surface area contributed by atoms with Crippen LogP contribution in [0, 0.1) is 40.7 Å². The number of nitrogens with zero attached hydrogens (tertiary/aromatic N) is 6. The highest BCUT2D eigenvalue weighted by Crippen LogP contribution is 2.40. The normalized spacial score (nSPS) is 21.6. The van der Waals surface area contributed by atoms with Gasteiger partial charge in [-0.1, -0.05) is 89.2 Å². The molecule has 456 valence electrons. The van der Waals surface area contributed by atoms with Crippen LogP contribution >= 0.6 is 0 Å². The van der Waals surface area contributed by atoms with Gasteiger partial charge in [0.15, 0.2) is 0 Å². The summed E-state index contributed by atoms with van der Waals surface area (Å²) < 4.78 is 43.3. The summed E-state index contributed by atoms with van der Waals surface area (Å²) in [7, 11) is 0. The van der Waals surface area contributed by atoms with Crippen LogP contribution in [0.25, 0.3) is 0 Å². The Morgan fingerprint density at radius 3 is 2.24 bits per heavy atom. The van der Waals surface area contributed by atoms with E-state index in [1.165, 1.54) is 18.5 Å². The van der Waals surface area contributed by atoms with Gasteiger partial charge < -0.3 is 55.9 Å². The molecule has 5 fully saturated rings. The molecule has 1 saturated carbocycles. The zero-order valence-electron chi connectivity index (χ0n) is 49.9. The van der Waals surface area contributed by atoms with Gasteiger partial charge in [0, 0.05) is 83.1 Å². The summed E-state index contributed by atoms with van der Waals surface area (Å²) in [5.74, 6) is 0.114. The number of rotatable bonds is 26. The molecule has 9 rings (SSSR count). The molecule has 18 nitrogen and oxygen atoms in total. The fourth-order valence-electron chi connectivity index (χ4n) is 12.8. The number of hydrogen-bond acceptors (Lipinski definition) is 14. The number of fused-ring (bicyclic) bond motifs is 1. The fourth-order valence-corrected chi connectivity index (χ4v) is 12.8. The standard InChI is InChI=1S/C64H89F2N11O7/c1-43(2)26-54(72-62(82)60(80)44(3)27-45-10-7-6-8-11-45)61(81)67-18-24-83-25-23-75-36-48-29-51(30-49(48)37-75)84-40-59(79)69-35-47-13-9-12-46(28-47)34-68-56-33-57(71-42-70-56)76-21-16-64(17-22-76)41-77(39-58(78)73-64)55-32-52(65)50(31-53(55)66)38-74-19-14-63(4,5)15-20-74/h6-13,28,31-33,42-44,48-49,51,54,60,80H,14-27,29-30,34-41H2,1-5H3,(H,67,81)(H,69,79)(H,72,82)(H,73,78)(H,68,70,71)/t44-,48-,49+,51?,54+,60+/m1/s1. The third kappa shape index (κ3) is 17.4. The van der Waals surface area contributed by atoms with Crippen molar-refractivity contribution in [2.75, 3.05) is 100 Å². The van der Waals surface area contributed by atoms with Gasteiger partial charge in [-0.2, -0.15) is 0 Å². The summed E-state index contributed by atoms with van der Waals surface area (Å²) >= 11 is 0. The minimum Gasteiger partial charge on any atom is -0.383 e. The zero-order valence-corrected chi connectivity index (χ0v) is 49.9. The summed E-state index contributed by atoms with van der Waals surface area (Å²) in [6.45, 7) is 18.7. The summed E-state index contributed by atoms with van der Waals surface area (Å²) in [4.78, 5) is 69.7. The number of likely N-dealkylation sites (tertiary alicyclic amines) is 2. The Labute approximate surface area is 494 Å². The van der Waals surface area contributed by atoms with E-state index in [0.29, 0.717) is 108 Å². The van der Waals surface area contributed by atoms with E-state index in [4.69, 9.17) is 9.47 Å². The summed E-state index contributed by atoms with van der Waals surface area (Å²) in [5, 5.41) is 26.1. The van der Waals surface area contributed by atoms with Gasteiger partial charge in [0.25, 0.3) is 0 Å². The monoisotopic (exact) mass is 1160 g/mol. The average molecular weight is 1160 g/mol. The molecular formula is C64H89F2N11O7. The number of aliphatic hydroxyl groups is 1. The largest absolute Gasteiger partial charge is 0.383 e. The maximum Gasteiger partial charge on any atom is 0.249 e. The van der Waals surface area contributed by atoms with Crippen LogP contribution in [-0.4, -0.2) is 158 Å². The van der Waals surface area contributed by atoms with Gasteiger partial charge >= 0.3 is 0 Å². The van der Waals surface area contributed by atoms with Crippen molar-refractivity contribution >= 4 is 41.0 Å². The van der Waals surface area contributed by atoms with Crippen LogP contribution in [0.3, 0.4) is 0 Å². The minimum atomic E-state index is -1.24. The third-order valence-electron chi connectivity index (χ3n) is 17.8. The first-order valence-corrected chi connectivity index (χ1v) is 30.5. The van der Waals surface area contributed by atoms with Crippen molar-refractivity contribution < 1.29 is 42.5 Å². The lowest BCUT2D eigenvalue weighted by atomic mass is 9.82. The molecular weight excluding hydrogens is 1070 g/mol. The quantitative estimate of drug-likeness (QED) is 0.0387. The summed E-state index contributed by atoms with van der Waals surface area (Å²) in [6, 6.07) is 21.5. The van der Waals surface area contributed by atoms with E-state index in [1.54, 1.807) is 4.90 Å². The highest BCUT2D eigenvalue weighted by atomic mass is 19.1. The maximum absolute atomic E-state index is 15.8. The highest BCUT2D eigenvalue weighted by Gasteiger charge is 2.43. The molecule has 6 atom stereocenters. The van der Waals surface area contributed by atoms with Crippen molar-refractivity contribution in [3.8, 4) is 0 Å². The van der Waals surface area contributed by atoms with E-state index in [9.17, 15) is 24.3 Å². The van der Waals surface area contributed by atoms with Crippen LogP contribution in [0.2, 0.25) is 0 Å². The van der Waals surface area contributed by atoms with E-state index in [1.807, 2.05) is 75.4 Å². The van der Waals surface area contributed by atoms with Gasteiger partial charge in [0.1, 0.15) is 48.4 Å². The van der Waals surface area contributed by atoms with Crippen LogP contribution in [0.4, 0.5) is 26.1 Å². The molecule has 4 amide bonds. The molecule has 1 aromatic heterocycles. The lowest BCUT2D eigenvalue weighted by Gasteiger charge is -2.48. The van der Waals surface area contributed by atoms with Gasteiger partial charge in [-0.25, -0.2) is 18.7 Å². The molecule has 84 heavy (non-hydrogen) atoms. The maximum atomic E-state index is 15.8. The first-order chi connectivity index (χ1) is 40.3. The van der Waals surface area contributed by atoms with E-state index >= 15 is 8.78 Å². The topological polar surface area (TPSA) is 206 Å². The predicted octanol–water partition coefficient (Wildman–Crippen LogP) is 6.21. The second kappa shape index (κ2) is 28.7. The SMILES string of the molecule is CC(C)C[C@H](NC(=O)[C@@H](O)[C@H](C)Cc1ccccc1)C(=O)NCCOCCN1C[C@H]2CC(OCC(=O)NCc3cccc(CNc4cc(N5CCC6(CC5)CN(c5cc(F)c(CN7CCC(C)(C)CC7)cc5F)CC(=O)N6)ncn4)c3)C[C@H]2C1. The van der Waals surface area contributed by atoms with Gasteiger partial charge in [-0.05, 0) is 116 Å². The summed E-state index contributed by atoms with van der Waals surface area (Å²) in [6.07, 6.45) is 6.42. The van der Waals surface area contributed by atoms with Crippen molar-refractivity contribution in [3.05, 3.63) is 113 Å². The van der Waals surface area contributed by atoms with Crippen LogP contribution in [0.1, 0.15) is 102 Å². The number of aliphatic hydroxyl groups excluding tert-OH is 1. The van der Waals surface area contributed by atoms with Crippen LogP contribution in [0.5, 0.6) is 0 Å². The molecule has 4 aliphatic heterocycles. The molecule has 5 aliphatic rings. The van der Waals surface area contributed by atoms with Crippen LogP contribution in [-0.2, 0) is 54.7 Å². The molecule has 4 aromatic rings. The Balaban J connectivity index is 0.632. The number of piperidine rings is 2. The zero-order chi connectivity index (χ0) is 59.4. The number of amides is 4. The van der Waals surface area contributed by atoms with Gasteiger partial charge in [0.05, 0.1) is 37.1 Å². The molecule has 20 heteroatoms. The number of benzene rings is 3. The van der Waals surface area contributed by atoms with Crippen molar-refractivity contribution in [3.63, 3.8) is 0 Å². The Morgan fingerprint density at radius 1 is 0.798 bits per heavy atom. The van der Waals surface area contributed by atoms with Crippen molar-refractivity contribution in [1.29, 1.82) is 0 Å². The Bertz CT molecular complexity index is 2830. The Morgan fingerprint density at radius 2 is 1.51 bits per heavy atom. The molecule has 6 N–H and O–H groups in total. The van der Waals surface area contributed by atoms with Gasteiger partial charge in [0.2, 0.25) is 23.6 Å².